The summed E-state index contributed by atoms with van der Waals surface area (Å²) < 4.78 is 0. The van der Waals surface area contributed by atoms with E-state index in [1.54, 1.807) is 0 Å². The van der Waals surface area contributed by atoms with Crippen molar-refractivity contribution in [3.63, 3.8) is 0 Å². The Kier molecular flexibility index (Phi) is 8.11. The van der Waals surface area contributed by atoms with E-state index in [1.807, 2.05) is 0 Å². The molecule has 0 amide bonds. The predicted molar refractivity (Wildman–Crippen MR) is 83.2 cm³/mol. The lowest BCUT2D eigenvalue weighted by Gasteiger charge is -2.33. The van der Waals surface area contributed by atoms with E-state index in [-0.39, 0.29) is 24.8 Å². The molecule has 0 bridgehead atoms. The van der Waals surface area contributed by atoms with E-state index in [9.17, 15) is 0 Å². The Labute approximate surface area is 124 Å². The number of likely N-dealkylation sites (N-methyl/N-ethyl adjacent to an activating group) is 1. The van der Waals surface area contributed by atoms with Gasteiger partial charge in [0.15, 0.2) is 0 Å². The smallest absolute Gasteiger partial charge is 0.0118 e. The average Bonchev–Trinajstić information content (AvgIpc) is 3.06. The molecule has 0 aromatic rings. The summed E-state index contributed by atoms with van der Waals surface area (Å²) in [4.78, 5) is 5.13. The van der Waals surface area contributed by atoms with Crippen molar-refractivity contribution in [1.82, 2.24) is 15.1 Å². The molecule has 1 saturated heterocycles. The Bertz CT molecular complexity index is 228. The highest BCUT2D eigenvalue weighted by Gasteiger charge is 2.43. The van der Waals surface area contributed by atoms with Crippen molar-refractivity contribution in [2.75, 3.05) is 46.3 Å². The summed E-state index contributed by atoms with van der Waals surface area (Å²) >= 11 is 0. The Morgan fingerprint density at radius 1 is 1.22 bits per heavy atom. The van der Waals surface area contributed by atoms with Crippen LogP contribution < -0.4 is 5.32 Å². The molecule has 2 fully saturated rings. The number of rotatable bonds is 5. The molecular weight excluding hydrogens is 269 g/mol. The average molecular weight is 298 g/mol. The van der Waals surface area contributed by atoms with Gasteiger partial charge in [-0.25, -0.2) is 0 Å². The maximum Gasteiger partial charge on any atom is 0.0118 e. The SMILES string of the molecule is CC(N(C)CCN1CCNCC1)C1(C)CC1.Cl.Cl. The number of halogens is 2. The first-order valence-corrected chi connectivity index (χ1v) is 6.75. The molecule has 1 saturated carbocycles. The van der Waals surface area contributed by atoms with Gasteiger partial charge < -0.3 is 10.2 Å². The van der Waals surface area contributed by atoms with Gasteiger partial charge in [-0.05, 0) is 32.2 Å². The van der Waals surface area contributed by atoms with Gasteiger partial charge in [0.05, 0.1) is 0 Å². The topological polar surface area (TPSA) is 18.5 Å². The maximum atomic E-state index is 3.40. The Morgan fingerprint density at radius 2 is 1.78 bits per heavy atom. The second-order valence-corrected chi connectivity index (χ2v) is 5.90. The van der Waals surface area contributed by atoms with Gasteiger partial charge in [-0.1, -0.05) is 6.92 Å². The van der Waals surface area contributed by atoms with Crippen molar-refractivity contribution >= 4 is 24.8 Å². The van der Waals surface area contributed by atoms with Crippen LogP contribution in [-0.2, 0) is 0 Å². The number of piperazine rings is 1. The number of nitrogens with one attached hydrogen (secondary N) is 1. The molecule has 0 aromatic carbocycles. The highest BCUT2D eigenvalue weighted by atomic mass is 35.5. The minimum atomic E-state index is 0. The second kappa shape index (κ2) is 7.91. The normalized spacial score (nSPS) is 24.0. The van der Waals surface area contributed by atoms with E-state index < -0.39 is 0 Å². The van der Waals surface area contributed by atoms with E-state index in [0.717, 1.165) is 19.1 Å². The molecule has 1 heterocycles. The molecule has 2 aliphatic rings. The molecule has 1 aliphatic heterocycles. The molecule has 1 unspecified atom stereocenters. The van der Waals surface area contributed by atoms with Crippen molar-refractivity contribution in [2.24, 2.45) is 5.41 Å². The van der Waals surface area contributed by atoms with Gasteiger partial charge in [-0.3, -0.25) is 4.90 Å². The van der Waals surface area contributed by atoms with Crippen molar-refractivity contribution in [2.45, 2.75) is 32.7 Å². The van der Waals surface area contributed by atoms with Crippen LogP contribution in [0.2, 0.25) is 0 Å². The first kappa shape index (κ1) is 18.5. The van der Waals surface area contributed by atoms with E-state index in [4.69, 9.17) is 0 Å². The monoisotopic (exact) mass is 297 g/mol. The van der Waals surface area contributed by atoms with Gasteiger partial charge in [0.25, 0.3) is 0 Å². The third-order valence-electron chi connectivity index (χ3n) is 4.69. The maximum absolute atomic E-state index is 3.40. The zero-order chi connectivity index (χ0) is 11.6. The van der Waals surface area contributed by atoms with Gasteiger partial charge >= 0.3 is 0 Å². The van der Waals surface area contributed by atoms with Crippen molar-refractivity contribution in [1.29, 1.82) is 0 Å². The third kappa shape index (κ3) is 4.86. The van der Waals surface area contributed by atoms with Crippen molar-refractivity contribution < 1.29 is 0 Å². The molecule has 1 N–H and O–H groups in total. The van der Waals surface area contributed by atoms with Crippen LogP contribution in [-0.4, -0.2) is 62.2 Å². The van der Waals surface area contributed by atoms with Crippen LogP contribution >= 0.6 is 24.8 Å². The Morgan fingerprint density at radius 3 is 2.28 bits per heavy atom. The summed E-state index contributed by atoms with van der Waals surface area (Å²) in [5.74, 6) is 0. The van der Waals surface area contributed by atoms with Gasteiger partial charge in [0.2, 0.25) is 0 Å². The standard InChI is InChI=1S/C13H27N3.2ClH/c1-12(13(2)4-5-13)15(3)10-11-16-8-6-14-7-9-16;;/h12,14H,4-11H2,1-3H3;2*1H. The van der Waals surface area contributed by atoms with Gasteiger partial charge in [0, 0.05) is 45.3 Å². The van der Waals surface area contributed by atoms with Crippen LogP contribution in [0, 0.1) is 5.41 Å². The fourth-order valence-electron chi connectivity index (χ4n) is 2.57. The molecule has 18 heavy (non-hydrogen) atoms. The number of nitrogens with zero attached hydrogens (tertiary/aromatic N) is 2. The lowest BCUT2D eigenvalue weighted by atomic mass is 10.00. The highest BCUT2D eigenvalue weighted by molar-refractivity contribution is 5.85. The van der Waals surface area contributed by atoms with E-state index in [1.165, 1.54) is 39.0 Å². The molecule has 0 aromatic heterocycles. The number of hydrogen-bond acceptors (Lipinski definition) is 3. The predicted octanol–water partition coefficient (Wildman–Crippen LogP) is 1.86. The fraction of sp³-hybridized carbons (Fsp3) is 1.00. The minimum Gasteiger partial charge on any atom is -0.314 e. The summed E-state index contributed by atoms with van der Waals surface area (Å²) in [6, 6.07) is 0.746. The molecule has 5 heteroatoms. The van der Waals surface area contributed by atoms with Gasteiger partial charge in [-0.15, -0.1) is 24.8 Å². The van der Waals surface area contributed by atoms with E-state index >= 15 is 0 Å². The van der Waals surface area contributed by atoms with E-state index in [0.29, 0.717) is 5.41 Å². The lowest BCUT2D eigenvalue weighted by molar-refractivity contribution is 0.149. The number of hydrogen-bond donors (Lipinski definition) is 1. The van der Waals surface area contributed by atoms with Gasteiger partial charge in [-0.2, -0.15) is 0 Å². The largest absolute Gasteiger partial charge is 0.314 e. The van der Waals surface area contributed by atoms with Crippen LogP contribution in [0.3, 0.4) is 0 Å². The first-order valence-electron chi connectivity index (χ1n) is 6.75. The van der Waals surface area contributed by atoms with Crippen LogP contribution in [0.15, 0.2) is 0 Å². The first-order chi connectivity index (χ1) is 7.62. The zero-order valence-corrected chi connectivity index (χ0v) is 13.6. The van der Waals surface area contributed by atoms with Crippen LogP contribution in [0.1, 0.15) is 26.7 Å². The van der Waals surface area contributed by atoms with Gasteiger partial charge in [0.1, 0.15) is 0 Å². The summed E-state index contributed by atoms with van der Waals surface area (Å²) in [6.07, 6.45) is 2.85. The molecular formula is C13H29Cl2N3. The molecule has 3 nitrogen and oxygen atoms in total. The molecule has 110 valence electrons. The fourth-order valence-corrected chi connectivity index (χ4v) is 2.57. The summed E-state index contributed by atoms with van der Waals surface area (Å²) in [7, 11) is 2.29. The third-order valence-corrected chi connectivity index (χ3v) is 4.69. The Balaban J connectivity index is 0.00000144. The lowest BCUT2D eigenvalue weighted by Crippen LogP contribution is -2.47. The van der Waals surface area contributed by atoms with Crippen molar-refractivity contribution in [3.8, 4) is 0 Å². The quantitative estimate of drug-likeness (QED) is 0.836. The summed E-state index contributed by atoms with van der Waals surface area (Å²) in [5.41, 5.74) is 0.623. The minimum absolute atomic E-state index is 0. The van der Waals surface area contributed by atoms with Crippen LogP contribution in [0.4, 0.5) is 0 Å². The molecule has 0 spiro atoms. The van der Waals surface area contributed by atoms with Crippen LogP contribution in [0.5, 0.6) is 0 Å². The second-order valence-electron chi connectivity index (χ2n) is 5.90. The Hall–Kier alpha value is 0.460. The molecule has 1 atom stereocenters. The zero-order valence-electron chi connectivity index (χ0n) is 11.9. The molecule has 2 rings (SSSR count). The molecule has 0 radical (unpaired) electrons. The summed E-state index contributed by atoms with van der Waals surface area (Å²) in [6.45, 7) is 12.0. The molecule has 1 aliphatic carbocycles. The summed E-state index contributed by atoms with van der Waals surface area (Å²) in [5, 5.41) is 3.40. The van der Waals surface area contributed by atoms with Crippen LogP contribution in [0.25, 0.3) is 0 Å². The highest BCUT2D eigenvalue weighted by Crippen LogP contribution is 2.49. The van der Waals surface area contributed by atoms with E-state index in [2.05, 4.69) is 36.0 Å². The van der Waals surface area contributed by atoms with Crippen molar-refractivity contribution in [3.05, 3.63) is 0 Å².